The minimum absolute atomic E-state index is 0. The molecule has 0 unspecified atom stereocenters. The van der Waals surface area contributed by atoms with E-state index in [0.29, 0.717) is 18.8 Å². The van der Waals surface area contributed by atoms with Crippen LogP contribution in [0.2, 0.25) is 0 Å². The van der Waals surface area contributed by atoms with Crippen molar-refractivity contribution < 1.29 is 19.0 Å². The predicted octanol–water partition coefficient (Wildman–Crippen LogP) is 4.18. The molecule has 1 amide bonds. The summed E-state index contributed by atoms with van der Waals surface area (Å²) in [7, 11) is 0. The Kier molecular flexibility index (Phi) is 8.19. The highest BCUT2D eigenvalue weighted by Crippen LogP contribution is 2.32. The van der Waals surface area contributed by atoms with Crippen molar-refractivity contribution in [1.29, 1.82) is 0 Å². The van der Waals surface area contributed by atoms with E-state index in [1.165, 1.54) is 0 Å². The van der Waals surface area contributed by atoms with E-state index in [0.717, 1.165) is 27.1 Å². The summed E-state index contributed by atoms with van der Waals surface area (Å²) >= 11 is 3.49. The molecule has 0 aromatic heterocycles. The molecule has 0 saturated heterocycles. The molecule has 0 saturated carbocycles. The van der Waals surface area contributed by atoms with Gasteiger partial charge in [0.2, 0.25) is 6.79 Å². The van der Waals surface area contributed by atoms with Gasteiger partial charge in [-0.25, -0.2) is 0 Å². The Balaban J connectivity index is 0.00000300. The minimum atomic E-state index is -0.283. The Bertz CT molecular complexity index is 855. The average molecular weight is 486 g/mol. The lowest BCUT2D eigenvalue weighted by atomic mass is 10.1. The largest absolute Gasteiger partial charge is 0.483 e. The number of ether oxygens (including phenoxy) is 3. The van der Waals surface area contributed by atoms with Gasteiger partial charge >= 0.3 is 0 Å². The molecule has 0 spiro atoms. The molecule has 158 valence electrons. The maximum absolute atomic E-state index is 12.0. The highest BCUT2D eigenvalue weighted by atomic mass is 79.9. The molecule has 2 N–H and O–H groups in total. The number of rotatable bonds is 7. The Morgan fingerprint density at radius 3 is 2.62 bits per heavy atom. The minimum Gasteiger partial charge on any atom is -0.483 e. The molecule has 0 atom stereocenters. The highest BCUT2D eigenvalue weighted by Gasteiger charge is 2.15. The monoisotopic (exact) mass is 484 g/mol. The zero-order valence-corrected chi connectivity index (χ0v) is 19.1. The fourth-order valence-electron chi connectivity index (χ4n) is 2.82. The number of carbonyl (C=O) groups is 1. The Hall–Kier alpha value is -1.96. The third-order valence-electron chi connectivity index (χ3n) is 3.98. The SMILES string of the molecule is CC(C)(C)NC(=O)COc1ccc(Br)cc1CNCc1ccc2c(c1)OCO2.Cl. The smallest absolute Gasteiger partial charge is 0.258 e. The lowest BCUT2D eigenvalue weighted by molar-refractivity contribution is -0.124. The summed E-state index contributed by atoms with van der Waals surface area (Å²) in [6, 6.07) is 11.7. The molecule has 0 fully saturated rings. The first-order valence-electron chi connectivity index (χ1n) is 9.12. The number of fused-ring (bicyclic) bond motifs is 1. The van der Waals surface area contributed by atoms with Gasteiger partial charge in [-0.05, 0) is 56.7 Å². The normalized spacial score (nSPS) is 12.3. The first kappa shape index (κ1) is 23.3. The first-order valence-corrected chi connectivity index (χ1v) is 9.91. The molecule has 8 heteroatoms. The number of carbonyl (C=O) groups excluding carboxylic acids is 1. The van der Waals surface area contributed by atoms with E-state index in [9.17, 15) is 4.79 Å². The second-order valence-corrected chi connectivity index (χ2v) is 8.55. The van der Waals surface area contributed by atoms with Crippen LogP contribution in [-0.4, -0.2) is 24.8 Å². The van der Waals surface area contributed by atoms with E-state index in [2.05, 4.69) is 26.6 Å². The molecular weight excluding hydrogens is 460 g/mol. The van der Waals surface area contributed by atoms with E-state index in [1.807, 2.05) is 57.2 Å². The Morgan fingerprint density at radius 2 is 1.86 bits per heavy atom. The number of hydrogen-bond donors (Lipinski definition) is 2. The zero-order chi connectivity index (χ0) is 20.1. The zero-order valence-electron chi connectivity index (χ0n) is 16.7. The summed E-state index contributed by atoms with van der Waals surface area (Å²) in [6.07, 6.45) is 0. The van der Waals surface area contributed by atoms with E-state index < -0.39 is 0 Å². The van der Waals surface area contributed by atoms with E-state index in [-0.39, 0.29) is 37.3 Å². The predicted molar refractivity (Wildman–Crippen MR) is 118 cm³/mol. The van der Waals surface area contributed by atoms with E-state index >= 15 is 0 Å². The van der Waals surface area contributed by atoms with Gasteiger partial charge in [-0.1, -0.05) is 22.0 Å². The van der Waals surface area contributed by atoms with Crippen molar-refractivity contribution in [2.24, 2.45) is 0 Å². The highest BCUT2D eigenvalue weighted by molar-refractivity contribution is 9.10. The molecule has 3 rings (SSSR count). The van der Waals surface area contributed by atoms with Crippen molar-refractivity contribution in [3.05, 3.63) is 52.0 Å². The van der Waals surface area contributed by atoms with Crippen LogP contribution in [0.15, 0.2) is 40.9 Å². The van der Waals surface area contributed by atoms with Crippen molar-refractivity contribution in [2.75, 3.05) is 13.4 Å². The van der Waals surface area contributed by atoms with E-state index in [4.69, 9.17) is 14.2 Å². The third-order valence-corrected chi connectivity index (χ3v) is 4.47. The molecule has 2 aromatic rings. The van der Waals surface area contributed by atoms with Crippen LogP contribution in [-0.2, 0) is 17.9 Å². The Labute approximate surface area is 185 Å². The molecule has 1 heterocycles. The van der Waals surface area contributed by atoms with Crippen molar-refractivity contribution in [2.45, 2.75) is 39.4 Å². The van der Waals surface area contributed by atoms with Gasteiger partial charge in [0.05, 0.1) is 0 Å². The van der Waals surface area contributed by atoms with Crippen molar-refractivity contribution >= 4 is 34.2 Å². The van der Waals surface area contributed by atoms with Gasteiger partial charge in [-0.15, -0.1) is 12.4 Å². The lowest BCUT2D eigenvalue weighted by Crippen LogP contribution is -2.43. The maximum Gasteiger partial charge on any atom is 0.258 e. The Morgan fingerprint density at radius 1 is 1.10 bits per heavy atom. The number of amides is 1. The topological polar surface area (TPSA) is 68.8 Å². The number of nitrogens with one attached hydrogen (secondary N) is 2. The van der Waals surface area contributed by atoms with Crippen LogP contribution in [0.25, 0.3) is 0 Å². The second-order valence-electron chi connectivity index (χ2n) is 7.63. The van der Waals surface area contributed by atoms with Crippen molar-refractivity contribution in [3.8, 4) is 17.2 Å². The summed E-state index contributed by atoms with van der Waals surface area (Å²) in [5, 5.41) is 6.30. The van der Waals surface area contributed by atoms with Gasteiger partial charge in [0.25, 0.3) is 5.91 Å². The number of halogens is 2. The maximum atomic E-state index is 12.0. The average Bonchev–Trinajstić information content (AvgIpc) is 3.07. The van der Waals surface area contributed by atoms with Crippen LogP contribution in [0.5, 0.6) is 17.2 Å². The molecule has 1 aliphatic heterocycles. The number of hydrogen-bond acceptors (Lipinski definition) is 5. The standard InChI is InChI=1S/C21H25BrN2O4.ClH/c1-21(2,3)24-20(25)12-26-17-7-5-16(22)9-15(17)11-23-10-14-4-6-18-19(8-14)28-13-27-18;/h4-9,23H,10-13H2,1-3H3,(H,24,25);1H. The van der Waals surface area contributed by atoms with Crippen LogP contribution in [0.3, 0.4) is 0 Å². The molecule has 2 aromatic carbocycles. The van der Waals surface area contributed by atoms with E-state index in [1.54, 1.807) is 0 Å². The number of benzene rings is 2. The van der Waals surface area contributed by atoms with Crippen molar-refractivity contribution in [1.82, 2.24) is 10.6 Å². The molecule has 0 bridgehead atoms. The lowest BCUT2D eigenvalue weighted by Gasteiger charge is -2.21. The van der Waals surface area contributed by atoms with Crippen molar-refractivity contribution in [3.63, 3.8) is 0 Å². The van der Waals surface area contributed by atoms with Crippen LogP contribution >= 0.6 is 28.3 Å². The van der Waals surface area contributed by atoms with Gasteiger partial charge in [0.1, 0.15) is 5.75 Å². The van der Waals surface area contributed by atoms with Gasteiger partial charge in [0, 0.05) is 28.7 Å². The van der Waals surface area contributed by atoms with Gasteiger partial charge in [0.15, 0.2) is 18.1 Å². The second kappa shape index (κ2) is 10.2. The summed E-state index contributed by atoms with van der Waals surface area (Å²) in [4.78, 5) is 12.0. The fourth-order valence-corrected chi connectivity index (χ4v) is 3.23. The van der Waals surface area contributed by atoms with Gasteiger partial charge in [-0.3, -0.25) is 4.79 Å². The van der Waals surface area contributed by atoms with Crippen LogP contribution < -0.4 is 24.8 Å². The molecular formula is C21H26BrClN2O4. The van der Waals surface area contributed by atoms with Gasteiger partial charge in [-0.2, -0.15) is 0 Å². The quantitative estimate of drug-likeness (QED) is 0.616. The molecule has 0 radical (unpaired) electrons. The summed E-state index contributed by atoms with van der Waals surface area (Å²) in [5.41, 5.74) is 1.79. The summed E-state index contributed by atoms with van der Waals surface area (Å²) < 4.78 is 17.5. The molecule has 0 aliphatic carbocycles. The molecule has 1 aliphatic rings. The molecule has 6 nitrogen and oxygen atoms in total. The summed E-state index contributed by atoms with van der Waals surface area (Å²) in [6.45, 7) is 7.35. The fraction of sp³-hybridized carbons (Fsp3) is 0.381. The van der Waals surface area contributed by atoms with Gasteiger partial charge < -0.3 is 24.8 Å². The molecule has 29 heavy (non-hydrogen) atoms. The first-order chi connectivity index (χ1) is 13.3. The van der Waals surface area contributed by atoms with Crippen LogP contribution in [0.1, 0.15) is 31.9 Å². The summed E-state index contributed by atoms with van der Waals surface area (Å²) in [5.74, 6) is 2.09. The third kappa shape index (κ3) is 7.10. The van der Waals surface area contributed by atoms with Crippen LogP contribution in [0, 0.1) is 0 Å². The van der Waals surface area contributed by atoms with Crippen LogP contribution in [0.4, 0.5) is 0 Å².